The highest BCUT2D eigenvalue weighted by Gasteiger charge is 2.26. The molecule has 3 aromatic carbocycles. The molecule has 0 saturated heterocycles. The Morgan fingerprint density at radius 2 is 1.70 bits per heavy atom. The van der Waals surface area contributed by atoms with Gasteiger partial charge in [-0.3, -0.25) is 4.79 Å². The third-order valence-electron chi connectivity index (χ3n) is 5.21. The summed E-state index contributed by atoms with van der Waals surface area (Å²) in [4.78, 5) is 16.1. The summed E-state index contributed by atoms with van der Waals surface area (Å²) < 4.78 is 26.9. The molecule has 0 bridgehead atoms. The lowest BCUT2D eigenvalue weighted by molar-refractivity contribution is 0.0950. The molecule has 1 heterocycles. The first-order valence-corrected chi connectivity index (χ1v) is 11.9. The number of rotatable bonds is 7. The number of anilines is 1. The molecular formula is C25H22N4O3S. The van der Waals surface area contributed by atoms with Crippen molar-refractivity contribution in [2.45, 2.75) is 18.2 Å². The maximum atomic E-state index is 13.1. The molecule has 4 rings (SSSR count). The number of hydrogen-bond donors (Lipinski definition) is 2. The molecule has 0 atom stereocenters. The summed E-state index contributed by atoms with van der Waals surface area (Å²) >= 11 is 0. The number of sulfonamides is 1. The molecule has 0 aliphatic rings. The minimum atomic E-state index is -4.09. The highest BCUT2D eigenvalue weighted by molar-refractivity contribution is 7.93. The van der Waals surface area contributed by atoms with E-state index in [1.165, 1.54) is 12.1 Å². The molecule has 0 saturated carbocycles. The number of amides is 1. The molecule has 0 unspecified atom stereocenters. The summed E-state index contributed by atoms with van der Waals surface area (Å²) in [5.41, 5.74) is 2.68. The van der Waals surface area contributed by atoms with Gasteiger partial charge in [0.2, 0.25) is 0 Å². The molecule has 4 aromatic rings. The van der Waals surface area contributed by atoms with Gasteiger partial charge in [0.05, 0.1) is 10.6 Å². The average Bonchev–Trinajstić information content (AvgIpc) is 3.23. The Morgan fingerprint density at radius 1 is 1.03 bits per heavy atom. The minimum Gasteiger partial charge on any atom is -0.351 e. The van der Waals surface area contributed by atoms with Crippen LogP contribution in [0.25, 0.3) is 22.0 Å². The molecule has 7 nitrogen and oxygen atoms in total. The van der Waals surface area contributed by atoms with Crippen LogP contribution in [-0.4, -0.2) is 25.9 Å². The topological polar surface area (TPSA) is 106 Å². The Balaban J connectivity index is 1.89. The van der Waals surface area contributed by atoms with Crippen molar-refractivity contribution in [1.82, 2.24) is 10.3 Å². The molecular weight excluding hydrogens is 436 g/mol. The Morgan fingerprint density at radius 3 is 2.33 bits per heavy atom. The lowest BCUT2D eigenvalue weighted by atomic mass is 10.0. The van der Waals surface area contributed by atoms with E-state index in [-0.39, 0.29) is 16.5 Å². The number of aromatic amines is 1. The van der Waals surface area contributed by atoms with Gasteiger partial charge in [-0.15, -0.1) is 0 Å². The number of nitrogens with zero attached hydrogens (tertiary/aromatic N) is 2. The second-order valence-electron chi connectivity index (χ2n) is 7.41. The summed E-state index contributed by atoms with van der Waals surface area (Å²) in [6.45, 7) is 2.50. The fraction of sp³-hybridized carbons (Fsp3) is 0.120. The monoisotopic (exact) mass is 458 g/mol. The van der Waals surface area contributed by atoms with Crippen LogP contribution in [0.4, 0.5) is 5.69 Å². The third-order valence-corrected chi connectivity index (χ3v) is 6.86. The van der Waals surface area contributed by atoms with Crippen LogP contribution in [0.15, 0.2) is 83.8 Å². The lowest BCUT2D eigenvalue weighted by Crippen LogP contribution is -2.25. The van der Waals surface area contributed by atoms with Gasteiger partial charge < -0.3 is 10.3 Å². The van der Waals surface area contributed by atoms with Gasteiger partial charge in [-0.2, -0.15) is 18.0 Å². The molecule has 1 aromatic heterocycles. The van der Waals surface area contributed by atoms with Gasteiger partial charge in [-0.25, -0.2) is 0 Å². The van der Waals surface area contributed by atoms with Gasteiger partial charge in [-0.1, -0.05) is 55.5 Å². The fourth-order valence-corrected chi connectivity index (χ4v) is 4.87. The van der Waals surface area contributed by atoms with Gasteiger partial charge >= 0.3 is 0 Å². The summed E-state index contributed by atoms with van der Waals surface area (Å²) in [5, 5.41) is 13.3. The van der Waals surface area contributed by atoms with Crippen LogP contribution in [0.2, 0.25) is 0 Å². The van der Waals surface area contributed by atoms with Crippen LogP contribution in [0.1, 0.15) is 23.8 Å². The summed E-state index contributed by atoms with van der Waals surface area (Å²) in [6, 6.07) is 22.0. The van der Waals surface area contributed by atoms with Crippen LogP contribution in [0, 0.1) is 11.5 Å². The highest BCUT2D eigenvalue weighted by atomic mass is 32.2. The third kappa shape index (κ3) is 4.19. The summed E-state index contributed by atoms with van der Waals surface area (Å²) in [7, 11) is -4.09. The van der Waals surface area contributed by atoms with Crippen molar-refractivity contribution in [3.63, 3.8) is 0 Å². The van der Waals surface area contributed by atoms with Crippen molar-refractivity contribution >= 4 is 32.5 Å². The SMILES string of the molecule is CCCNC(=O)c1[nH]c2ccc(N(C#N)S(=O)(=O)c3ccccc3)cc2c1-c1ccccc1. The van der Waals surface area contributed by atoms with Crippen LogP contribution in [0.5, 0.6) is 0 Å². The summed E-state index contributed by atoms with van der Waals surface area (Å²) in [5.74, 6) is -0.248. The Bertz CT molecular complexity index is 1440. The zero-order valence-electron chi connectivity index (χ0n) is 17.9. The Kier molecular flexibility index (Phi) is 6.16. The number of carbonyl (C=O) groups excluding carboxylic acids is 1. The highest BCUT2D eigenvalue weighted by Crippen LogP contribution is 2.36. The van der Waals surface area contributed by atoms with Crippen molar-refractivity contribution in [3.8, 4) is 17.3 Å². The smallest absolute Gasteiger partial charge is 0.276 e. The van der Waals surface area contributed by atoms with Crippen LogP contribution < -0.4 is 9.62 Å². The Labute approximate surface area is 192 Å². The molecule has 1 amide bonds. The molecule has 2 N–H and O–H groups in total. The predicted molar refractivity (Wildman–Crippen MR) is 128 cm³/mol. The number of aromatic nitrogens is 1. The number of carbonyl (C=O) groups is 1. The zero-order valence-corrected chi connectivity index (χ0v) is 18.8. The van der Waals surface area contributed by atoms with Crippen molar-refractivity contribution < 1.29 is 13.2 Å². The van der Waals surface area contributed by atoms with Crippen LogP contribution in [-0.2, 0) is 10.0 Å². The largest absolute Gasteiger partial charge is 0.351 e. The van der Waals surface area contributed by atoms with E-state index in [9.17, 15) is 18.5 Å². The first-order chi connectivity index (χ1) is 16.0. The lowest BCUT2D eigenvalue weighted by Gasteiger charge is -2.16. The molecule has 0 radical (unpaired) electrons. The second kappa shape index (κ2) is 9.18. The average molecular weight is 459 g/mol. The maximum Gasteiger partial charge on any atom is 0.276 e. The maximum absolute atomic E-state index is 13.1. The van der Waals surface area contributed by atoms with E-state index in [1.807, 2.05) is 37.3 Å². The summed E-state index contributed by atoms with van der Waals surface area (Å²) in [6.07, 6.45) is 2.59. The first-order valence-electron chi connectivity index (χ1n) is 10.5. The van der Waals surface area contributed by atoms with Gasteiger partial charge in [0.15, 0.2) is 6.19 Å². The molecule has 0 fully saturated rings. The number of nitrogens with one attached hydrogen (secondary N) is 2. The van der Waals surface area contributed by atoms with Gasteiger partial charge in [0.25, 0.3) is 15.9 Å². The Hall–Kier alpha value is -4.09. The second-order valence-corrected chi connectivity index (χ2v) is 9.20. The molecule has 0 spiro atoms. The number of nitriles is 1. The fourth-order valence-electron chi connectivity index (χ4n) is 3.66. The number of hydrogen-bond acceptors (Lipinski definition) is 4. The van der Waals surface area contributed by atoms with E-state index in [2.05, 4.69) is 10.3 Å². The van der Waals surface area contributed by atoms with E-state index in [0.717, 1.165) is 12.0 Å². The van der Waals surface area contributed by atoms with E-state index in [1.54, 1.807) is 42.6 Å². The standard InChI is InChI=1S/C25H22N4O3S/c1-2-15-27-25(30)24-23(18-9-5-3-6-10-18)21-16-19(13-14-22(21)28-24)29(17-26)33(31,32)20-11-7-4-8-12-20/h3-14,16,28H,2,15H2,1H3,(H,27,30). The molecule has 8 heteroatoms. The van der Waals surface area contributed by atoms with Gasteiger partial charge in [-0.05, 0) is 42.3 Å². The van der Waals surface area contributed by atoms with Crippen molar-refractivity contribution in [1.29, 1.82) is 5.26 Å². The predicted octanol–water partition coefficient (Wildman–Crippen LogP) is 4.65. The number of H-pyrrole nitrogens is 1. The van der Waals surface area contributed by atoms with Crippen molar-refractivity contribution in [3.05, 3.63) is 84.6 Å². The normalized spacial score (nSPS) is 11.2. The van der Waals surface area contributed by atoms with E-state index >= 15 is 0 Å². The van der Waals surface area contributed by atoms with Gasteiger partial charge in [0, 0.05) is 23.0 Å². The minimum absolute atomic E-state index is 0.0173. The first kappa shape index (κ1) is 22.1. The van der Waals surface area contributed by atoms with E-state index in [0.29, 0.717) is 33.0 Å². The van der Waals surface area contributed by atoms with Crippen molar-refractivity contribution in [2.24, 2.45) is 0 Å². The molecule has 33 heavy (non-hydrogen) atoms. The number of benzene rings is 3. The molecule has 0 aliphatic heterocycles. The number of fused-ring (bicyclic) bond motifs is 1. The molecule has 0 aliphatic carbocycles. The quantitative estimate of drug-likeness (QED) is 0.310. The van der Waals surface area contributed by atoms with Crippen LogP contribution >= 0.6 is 0 Å². The van der Waals surface area contributed by atoms with E-state index < -0.39 is 10.0 Å². The zero-order chi connectivity index (χ0) is 23.4. The molecule has 166 valence electrons. The van der Waals surface area contributed by atoms with Crippen molar-refractivity contribution in [2.75, 3.05) is 10.8 Å². The van der Waals surface area contributed by atoms with Gasteiger partial charge in [0.1, 0.15) is 5.69 Å². The van der Waals surface area contributed by atoms with Crippen LogP contribution in [0.3, 0.4) is 0 Å². The van der Waals surface area contributed by atoms with E-state index in [4.69, 9.17) is 0 Å².